The molecular formula is C4H10LaO2. The minimum atomic E-state index is 0. The summed E-state index contributed by atoms with van der Waals surface area (Å²) in [5.74, 6) is 0. The zero-order chi connectivity index (χ0) is 4.83. The largest absolute Gasteiger partial charge is 0.394 e. The van der Waals surface area contributed by atoms with Crippen LogP contribution in [0.25, 0.3) is 0 Å². The molecule has 0 aromatic carbocycles. The Bertz CT molecular complexity index is 21.7. The normalized spacial score (nSPS) is 7.71. The van der Waals surface area contributed by atoms with E-state index >= 15 is 0 Å². The van der Waals surface area contributed by atoms with Crippen molar-refractivity contribution in [1.82, 2.24) is 0 Å². The van der Waals surface area contributed by atoms with Gasteiger partial charge in [-0.25, -0.2) is 0 Å². The zero-order valence-corrected chi connectivity index (χ0v) is 8.18. The van der Waals surface area contributed by atoms with Crippen molar-refractivity contribution in [2.24, 2.45) is 0 Å². The summed E-state index contributed by atoms with van der Waals surface area (Å²) in [6, 6.07) is 0. The Labute approximate surface area is 71.8 Å². The minimum Gasteiger partial charge on any atom is -0.394 e. The summed E-state index contributed by atoms with van der Waals surface area (Å²) >= 11 is 0. The summed E-state index contributed by atoms with van der Waals surface area (Å²) in [5.41, 5.74) is 0. The smallest absolute Gasteiger partial charge is 0.0697 e. The van der Waals surface area contributed by atoms with Crippen LogP contribution in [0.5, 0.6) is 0 Å². The van der Waals surface area contributed by atoms with E-state index in [1.54, 1.807) is 0 Å². The molecule has 41 valence electrons. The fourth-order valence-electron chi connectivity index (χ4n) is 0.209. The predicted octanol–water partition coefficient (Wildman–Crippen LogP) is 0.0152. The van der Waals surface area contributed by atoms with Crippen molar-refractivity contribution in [3.8, 4) is 0 Å². The third kappa shape index (κ3) is 11.0. The molecule has 0 aliphatic carbocycles. The molecule has 0 aliphatic rings. The average molecular weight is 229 g/mol. The number of ether oxygens (including phenoxy) is 1. The molecule has 0 unspecified atom stereocenters. The maximum absolute atomic E-state index is 8.07. The molecule has 0 bridgehead atoms. The Morgan fingerprint density at radius 1 is 1.57 bits per heavy atom. The molecule has 0 rings (SSSR count). The monoisotopic (exact) mass is 229 g/mol. The van der Waals surface area contributed by atoms with Gasteiger partial charge in [-0.05, 0) is 6.92 Å². The standard InChI is InChI=1S/C4H10O2.La/c1-2-6-4-3-5;/h5H,2-4H2,1H3;. The SMILES string of the molecule is CCOCCO.[La]. The molecule has 3 heteroatoms. The second-order valence-electron chi connectivity index (χ2n) is 0.921. The second kappa shape index (κ2) is 10.2. The van der Waals surface area contributed by atoms with Crippen LogP contribution in [-0.4, -0.2) is 24.9 Å². The Morgan fingerprint density at radius 3 is 2.29 bits per heavy atom. The molecule has 0 saturated carbocycles. The fraction of sp³-hybridized carbons (Fsp3) is 1.00. The van der Waals surface area contributed by atoms with Crippen molar-refractivity contribution in [1.29, 1.82) is 0 Å². The first kappa shape index (κ1) is 11.0. The van der Waals surface area contributed by atoms with Gasteiger partial charge in [0.2, 0.25) is 0 Å². The van der Waals surface area contributed by atoms with Crippen molar-refractivity contribution in [2.45, 2.75) is 6.92 Å². The van der Waals surface area contributed by atoms with Gasteiger partial charge in [-0.1, -0.05) is 0 Å². The molecule has 0 aliphatic heterocycles. The Kier molecular flexibility index (Phi) is 16.0. The molecule has 0 saturated heterocycles. The minimum absolute atomic E-state index is 0. The Balaban J connectivity index is 0. The summed E-state index contributed by atoms with van der Waals surface area (Å²) in [7, 11) is 0. The first-order chi connectivity index (χ1) is 2.91. The predicted molar refractivity (Wildman–Crippen MR) is 23.6 cm³/mol. The molecule has 1 N–H and O–H groups in total. The molecule has 0 atom stereocenters. The average Bonchev–Trinajstić information content (AvgIpc) is 1.61. The van der Waals surface area contributed by atoms with Gasteiger partial charge in [0.1, 0.15) is 0 Å². The van der Waals surface area contributed by atoms with E-state index in [9.17, 15) is 0 Å². The number of hydrogen-bond donors (Lipinski definition) is 1. The van der Waals surface area contributed by atoms with Crippen molar-refractivity contribution in [3.05, 3.63) is 0 Å². The molecule has 0 spiro atoms. The van der Waals surface area contributed by atoms with Crippen molar-refractivity contribution < 1.29 is 45.4 Å². The van der Waals surface area contributed by atoms with Crippen molar-refractivity contribution in [3.63, 3.8) is 0 Å². The van der Waals surface area contributed by atoms with Crippen LogP contribution in [-0.2, 0) is 4.74 Å². The molecule has 0 fully saturated rings. The van der Waals surface area contributed by atoms with Crippen LogP contribution >= 0.6 is 0 Å². The van der Waals surface area contributed by atoms with E-state index in [-0.39, 0.29) is 42.2 Å². The summed E-state index contributed by atoms with van der Waals surface area (Å²) in [6.45, 7) is 3.20. The number of aliphatic hydroxyl groups is 1. The van der Waals surface area contributed by atoms with E-state index < -0.39 is 0 Å². The molecule has 0 aromatic heterocycles. The topological polar surface area (TPSA) is 29.5 Å². The van der Waals surface area contributed by atoms with E-state index in [4.69, 9.17) is 9.84 Å². The molecule has 0 aromatic rings. The van der Waals surface area contributed by atoms with Crippen molar-refractivity contribution >= 4 is 0 Å². The van der Waals surface area contributed by atoms with E-state index in [0.717, 1.165) is 0 Å². The summed E-state index contributed by atoms with van der Waals surface area (Å²) in [5, 5.41) is 8.07. The molecule has 1 radical (unpaired) electrons. The van der Waals surface area contributed by atoms with E-state index in [2.05, 4.69) is 0 Å². The number of rotatable bonds is 3. The quantitative estimate of drug-likeness (QED) is 0.691. The van der Waals surface area contributed by atoms with Gasteiger partial charge in [0.25, 0.3) is 0 Å². The van der Waals surface area contributed by atoms with E-state index in [0.29, 0.717) is 13.2 Å². The second-order valence-corrected chi connectivity index (χ2v) is 0.921. The van der Waals surface area contributed by atoms with Crippen molar-refractivity contribution in [2.75, 3.05) is 19.8 Å². The molecule has 7 heavy (non-hydrogen) atoms. The zero-order valence-electron chi connectivity index (χ0n) is 4.55. The van der Waals surface area contributed by atoms with Crippen LogP contribution in [0.3, 0.4) is 0 Å². The number of hydrogen-bond acceptors (Lipinski definition) is 2. The number of aliphatic hydroxyl groups excluding tert-OH is 1. The summed E-state index contributed by atoms with van der Waals surface area (Å²) in [6.07, 6.45) is 0. The maximum atomic E-state index is 8.07. The van der Waals surface area contributed by atoms with Crippen LogP contribution in [0.2, 0.25) is 0 Å². The van der Waals surface area contributed by atoms with Gasteiger partial charge in [-0.3, -0.25) is 0 Å². The van der Waals surface area contributed by atoms with Gasteiger partial charge < -0.3 is 9.84 Å². The van der Waals surface area contributed by atoms with Crippen LogP contribution in [0.1, 0.15) is 6.92 Å². The molecule has 0 heterocycles. The maximum Gasteiger partial charge on any atom is 0.0697 e. The van der Waals surface area contributed by atoms with Crippen LogP contribution in [0.15, 0.2) is 0 Å². The van der Waals surface area contributed by atoms with E-state index in [1.165, 1.54) is 0 Å². The summed E-state index contributed by atoms with van der Waals surface area (Å²) < 4.78 is 4.73. The molecule has 0 amide bonds. The third-order valence-electron chi connectivity index (χ3n) is 0.440. The van der Waals surface area contributed by atoms with Gasteiger partial charge in [0.05, 0.1) is 13.2 Å². The first-order valence-electron chi connectivity index (χ1n) is 2.10. The molecule has 2 nitrogen and oxygen atoms in total. The first-order valence-corrected chi connectivity index (χ1v) is 2.10. The molecular weight excluding hydrogens is 219 g/mol. The van der Waals surface area contributed by atoms with Crippen LogP contribution in [0.4, 0.5) is 0 Å². The fourth-order valence-corrected chi connectivity index (χ4v) is 0.209. The van der Waals surface area contributed by atoms with Gasteiger partial charge in [-0.2, -0.15) is 0 Å². The van der Waals surface area contributed by atoms with Crippen LogP contribution < -0.4 is 0 Å². The van der Waals surface area contributed by atoms with Gasteiger partial charge in [0.15, 0.2) is 0 Å². The Hall–Kier alpha value is 1.11. The van der Waals surface area contributed by atoms with Gasteiger partial charge in [-0.15, -0.1) is 0 Å². The van der Waals surface area contributed by atoms with Gasteiger partial charge in [0, 0.05) is 42.2 Å². The van der Waals surface area contributed by atoms with Gasteiger partial charge >= 0.3 is 0 Å². The summed E-state index contributed by atoms with van der Waals surface area (Å²) in [4.78, 5) is 0. The Morgan fingerprint density at radius 2 is 2.14 bits per heavy atom. The third-order valence-corrected chi connectivity index (χ3v) is 0.440. The van der Waals surface area contributed by atoms with Crippen LogP contribution in [0, 0.1) is 35.6 Å². The van der Waals surface area contributed by atoms with E-state index in [1.807, 2.05) is 6.92 Å².